The third-order valence-corrected chi connectivity index (χ3v) is 4.37. The molecule has 1 rings (SSSR count). The van der Waals surface area contributed by atoms with E-state index in [-0.39, 0.29) is 0 Å². The van der Waals surface area contributed by atoms with Crippen molar-refractivity contribution in [2.24, 2.45) is 11.8 Å². The highest BCUT2D eigenvalue weighted by Crippen LogP contribution is 2.22. The van der Waals surface area contributed by atoms with E-state index >= 15 is 0 Å². The third kappa shape index (κ3) is 5.67. The Labute approximate surface area is 114 Å². The van der Waals surface area contributed by atoms with Gasteiger partial charge >= 0.3 is 5.97 Å². The van der Waals surface area contributed by atoms with E-state index in [0.717, 1.165) is 24.7 Å². The van der Waals surface area contributed by atoms with E-state index in [1.807, 2.05) is 6.07 Å². The fraction of sp³-hybridized carbons (Fsp3) is 0.667. The van der Waals surface area contributed by atoms with Crippen molar-refractivity contribution in [1.82, 2.24) is 0 Å². The molecule has 1 aromatic rings. The second kappa shape index (κ2) is 7.57. The van der Waals surface area contributed by atoms with E-state index in [0.29, 0.717) is 4.88 Å². The van der Waals surface area contributed by atoms with Gasteiger partial charge < -0.3 is 5.11 Å². The van der Waals surface area contributed by atoms with E-state index in [2.05, 4.69) is 20.8 Å². The third-order valence-electron chi connectivity index (χ3n) is 3.23. The van der Waals surface area contributed by atoms with Crippen LogP contribution in [0.2, 0.25) is 0 Å². The molecular weight excluding hydrogens is 244 g/mol. The highest BCUT2D eigenvalue weighted by Gasteiger charge is 2.08. The molecule has 3 heteroatoms. The van der Waals surface area contributed by atoms with Gasteiger partial charge in [0.15, 0.2) is 0 Å². The predicted octanol–water partition coefficient (Wildman–Crippen LogP) is 4.84. The average molecular weight is 268 g/mol. The first-order valence-corrected chi connectivity index (χ1v) is 7.62. The molecule has 0 saturated carbocycles. The summed E-state index contributed by atoms with van der Waals surface area (Å²) in [4.78, 5) is 12.4. The molecule has 0 aliphatic carbocycles. The Morgan fingerprint density at radius 1 is 1.22 bits per heavy atom. The molecule has 0 saturated heterocycles. The van der Waals surface area contributed by atoms with Crippen LogP contribution in [0.15, 0.2) is 12.1 Å². The van der Waals surface area contributed by atoms with Crippen molar-refractivity contribution in [2.45, 2.75) is 52.9 Å². The molecule has 0 bridgehead atoms. The van der Waals surface area contributed by atoms with E-state index in [1.54, 1.807) is 6.07 Å². The predicted molar refractivity (Wildman–Crippen MR) is 77.5 cm³/mol. The van der Waals surface area contributed by atoms with Gasteiger partial charge in [0.05, 0.1) is 0 Å². The molecule has 1 atom stereocenters. The zero-order chi connectivity index (χ0) is 13.5. The quantitative estimate of drug-likeness (QED) is 0.732. The molecule has 0 aliphatic rings. The summed E-state index contributed by atoms with van der Waals surface area (Å²) in [6.07, 6.45) is 6.09. The highest BCUT2D eigenvalue weighted by molar-refractivity contribution is 7.13. The molecule has 102 valence electrons. The van der Waals surface area contributed by atoms with Gasteiger partial charge in [-0.15, -0.1) is 11.3 Å². The summed E-state index contributed by atoms with van der Waals surface area (Å²) in [5.74, 6) is 0.725. The summed E-state index contributed by atoms with van der Waals surface area (Å²) in [6.45, 7) is 6.83. The lowest BCUT2D eigenvalue weighted by Gasteiger charge is -2.11. The Hall–Kier alpha value is -0.830. The number of aromatic carboxylic acids is 1. The van der Waals surface area contributed by atoms with Gasteiger partial charge in [-0.2, -0.15) is 0 Å². The van der Waals surface area contributed by atoms with E-state index in [9.17, 15) is 4.79 Å². The minimum absolute atomic E-state index is 0.456. The summed E-state index contributed by atoms with van der Waals surface area (Å²) in [6, 6.07) is 3.67. The number of hydrogen-bond acceptors (Lipinski definition) is 2. The largest absolute Gasteiger partial charge is 0.477 e. The first-order valence-electron chi connectivity index (χ1n) is 6.81. The van der Waals surface area contributed by atoms with E-state index < -0.39 is 5.97 Å². The number of hydrogen-bond donors (Lipinski definition) is 1. The normalized spacial score (nSPS) is 12.9. The molecule has 0 amide bonds. The van der Waals surface area contributed by atoms with Crippen molar-refractivity contribution in [2.75, 3.05) is 0 Å². The Balaban J connectivity index is 2.24. The van der Waals surface area contributed by atoms with Crippen LogP contribution in [-0.2, 0) is 6.42 Å². The minimum atomic E-state index is -0.809. The molecule has 0 fully saturated rings. The smallest absolute Gasteiger partial charge is 0.345 e. The molecule has 1 aromatic heterocycles. The monoisotopic (exact) mass is 268 g/mol. The molecule has 0 aromatic carbocycles. The van der Waals surface area contributed by atoms with Crippen LogP contribution < -0.4 is 0 Å². The van der Waals surface area contributed by atoms with Crippen LogP contribution in [0.1, 0.15) is 61.0 Å². The lowest BCUT2D eigenvalue weighted by Crippen LogP contribution is -1.98. The van der Waals surface area contributed by atoms with Crippen LogP contribution in [-0.4, -0.2) is 11.1 Å². The van der Waals surface area contributed by atoms with E-state index in [4.69, 9.17) is 5.11 Å². The molecule has 0 aliphatic heterocycles. The van der Waals surface area contributed by atoms with Crippen molar-refractivity contribution in [3.63, 3.8) is 0 Å². The molecule has 18 heavy (non-hydrogen) atoms. The number of aryl methyl sites for hydroxylation is 1. The molecule has 2 nitrogen and oxygen atoms in total. The van der Waals surface area contributed by atoms with Crippen LogP contribution in [0.4, 0.5) is 0 Å². The van der Waals surface area contributed by atoms with Gasteiger partial charge in [0.1, 0.15) is 4.88 Å². The summed E-state index contributed by atoms with van der Waals surface area (Å²) < 4.78 is 0. The van der Waals surface area contributed by atoms with Crippen molar-refractivity contribution in [3.8, 4) is 0 Å². The molecule has 0 spiro atoms. The molecule has 1 unspecified atom stereocenters. The van der Waals surface area contributed by atoms with Crippen molar-refractivity contribution < 1.29 is 9.90 Å². The zero-order valence-electron chi connectivity index (χ0n) is 11.6. The van der Waals surface area contributed by atoms with Gasteiger partial charge in [-0.1, -0.05) is 40.0 Å². The molecule has 0 radical (unpaired) electrons. The zero-order valence-corrected chi connectivity index (χ0v) is 12.4. The Bertz CT molecular complexity index is 368. The average Bonchev–Trinajstić information content (AvgIpc) is 2.74. The van der Waals surface area contributed by atoms with Gasteiger partial charge in [0, 0.05) is 4.88 Å². The highest BCUT2D eigenvalue weighted by atomic mass is 32.1. The topological polar surface area (TPSA) is 37.3 Å². The molecule has 1 heterocycles. The Morgan fingerprint density at radius 2 is 1.94 bits per heavy atom. The Morgan fingerprint density at radius 3 is 2.50 bits per heavy atom. The van der Waals surface area contributed by atoms with Gasteiger partial charge in [0.25, 0.3) is 0 Å². The first-order chi connectivity index (χ1) is 8.49. The van der Waals surface area contributed by atoms with Crippen LogP contribution in [0.5, 0.6) is 0 Å². The van der Waals surface area contributed by atoms with E-state index in [1.165, 1.54) is 35.5 Å². The molecule has 1 N–H and O–H groups in total. The van der Waals surface area contributed by atoms with Gasteiger partial charge in [-0.3, -0.25) is 0 Å². The summed E-state index contributed by atoms with van der Waals surface area (Å²) in [7, 11) is 0. The van der Waals surface area contributed by atoms with Crippen LogP contribution >= 0.6 is 11.3 Å². The van der Waals surface area contributed by atoms with Crippen molar-refractivity contribution >= 4 is 17.3 Å². The first kappa shape index (κ1) is 15.2. The number of thiophene rings is 1. The fourth-order valence-electron chi connectivity index (χ4n) is 2.03. The SMILES string of the molecule is CC(C)CCCC(C)CCc1ccc(C(=O)O)s1. The van der Waals surface area contributed by atoms with Crippen molar-refractivity contribution in [1.29, 1.82) is 0 Å². The number of carbonyl (C=O) groups is 1. The molecular formula is C15H24O2S. The van der Waals surface area contributed by atoms with Crippen LogP contribution in [0.25, 0.3) is 0 Å². The lowest BCUT2D eigenvalue weighted by molar-refractivity contribution is 0.0702. The van der Waals surface area contributed by atoms with Crippen LogP contribution in [0.3, 0.4) is 0 Å². The van der Waals surface area contributed by atoms with Gasteiger partial charge in [-0.05, 0) is 36.8 Å². The second-order valence-electron chi connectivity index (χ2n) is 5.54. The van der Waals surface area contributed by atoms with Crippen LogP contribution in [0, 0.1) is 11.8 Å². The fourth-order valence-corrected chi connectivity index (χ4v) is 2.90. The standard InChI is InChI=1S/C15H24O2S/c1-11(2)5-4-6-12(3)7-8-13-9-10-14(18-13)15(16)17/h9-12H,4-8H2,1-3H3,(H,16,17). The summed E-state index contributed by atoms with van der Waals surface area (Å²) in [5, 5.41) is 8.85. The van der Waals surface area contributed by atoms with Crippen molar-refractivity contribution in [3.05, 3.63) is 21.9 Å². The summed E-state index contributed by atoms with van der Waals surface area (Å²) in [5.41, 5.74) is 0. The lowest BCUT2D eigenvalue weighted by atomic mass is 9.96. The minimum Gasteiger partial charge on any atom is -0.477 e. The number of carboxylic acids is 1. The summed E-state index contributed by atoms with van der Waals surface area (Å²) >= 11 is 1.41. The Kier molecular flexibility index (Phi) is 6.41. The maximum atomic E-state index is 10.8. The van der Waals surface area contributed by atoms with Gasteiger partial charge in [-0.25, -0.2) is 4.79 Å². The maximum Gasteiger partial charge on any atom is 0.345 e. The number of carboxylic acid groups (broad SMARTS) is 1. The van der Waals surface area contributed by atoms with Gasteiger partial charge in [0.2, 0.25) is 0 Å². The maximum absolute atomic E-state index is 10.8. The number of rotatable bonds is 8. The second-order valence-corrected chi connectivity index (χ2v) is 6.71.